The topological polar surface area (TPSA) is 53.8 Å². The summed E-state index contributed by atoms with van der Waals surface area (Å²) in [4.78, 5) is 0. The molecule has 3 N–H and O–H groups in total. The van der Waals surface area contributed by atoms with Gasteiger partial charge in [-0.25, -0.2) is 0 Å². The summed E-state index contributed by atoms with van der Waals surface area (Å²) >= 11 is 0. The van der Waals surface area contributed by atoms with Crippen molar-refractivity contribution in [2.24, 2.45) is 0 Å². The van der Waals surface area contributed by atoms with Crippen molar-refractivity contribution in [1.82, 2.24) is 10.9 Å². The molecule has 2 aliphatic heterocycles. The molecule has 0 amide bonds. The third kappa shape index (κ3) is 2.82. The molecule has 0 spiro atoms. The number of benzene rings is 1. The molecule has 0 radical (unpaired) electrons. The molecule has 0 bridgehead atoms. The van der Waals surface area contributed by atoms with E-state index < -0.39 is 0 Å². The number of hydrogen-bond acceptors (Lipinski definition) is 3. The summed E-state index contributed by atoms with van der Waals surface area (Å²) in [6.07, 6.45) is 4.74. The third-order valence-corrected chi connectivity index (χ3v) is 3.98. The van der Waals surface area contributed by atoms with Crippen LogP contribution >= 0.6 is 0 Å². The van der Waals surface area contributed by atoms with E-state index in [1.54, 1.807) is 0 Å². The fourth-order valence-corrected chi connectivity index (χ4v) is 2.83. The zero-order valence-electron chi connectivity index (χ0n) is 12.5. The van der Waals surface area contributed by atoms with E-state index >= 15 is 0 Å². The van der Waals surface area contributed by atoms with E-state index in [0.29, 0.717) is 0 Å². The minimum Gasteiger partial charge on any atom is -0.276 e. The molecule has 114 valence electrons. The SMILES string of the molecule is CCCCNC(N1NN(O)c2ccccc21)=[N+]1CCCC1. The Morgan fingerprint density at radius 1 is 1.29 bits per heavy atom. The van der Waals surface area contributed by atoms with E-state index in [1.807, 2.05) is 29.3 Å². The Bertz CT molecular complexity index is 523. The van der Waals surface area contributed by atoms with Gasteiger partial charge in [0.2, 0.25) is 0 Å². The number of nitrogens with zero attached hydrogens (tertiary/aromatic N) is 3. The summed E-state index contributed by atoms with van der Waals surface area (Å²) in [7, 11) is 0. The van der Waals surface area contributed by atoms with Crippen molar-refractivity contribution >= 4 is 17.3 Å². The van der Waals surface area contributed by atoms with Crippen LogP contribution in [0.4, 0.5) is 11.4 Å². The van der Waals surface area contributed by atoms with E-state index in [1.165, 1.54) is 12.8 Å². The number of para-hydroxylation sites is 2. The first-order chi connectivity index (χ1) is 10.3. The van der Waals surface area contributed by atoms with E-state index in [2.05, 4.69) is 22.4 Å². The van der Waals surface area contributed by atoms with E-state index in [9.17, 15) is 5.21 Å². The zero-order chi connectivity index (χ0) is 14.7. The number of nitrogens with one attached hydrogen (secondary N) is 2. The molecule has 2 aliphatic rings. The van der Waals surface area contributed by atoms with Crippen molar-refractivity contribution in [3.8, 4) is 0 Å². The molecule has 0 aromatic heterocycles. The summed E-state index contributed by atoms with van der Waals surface area (Å²) in [5.41, 5.74) is 4.74. The number of unbranched alkanes of at least 4 members (excludes halogenated alkanes) is 1. The zero-order valence-corrected chi connectivity index (χ0v) is 12.5. The van der Waals surface area contributed by atoms with Gasteiger partial charge in [-0.1, -0.05) is 31.0 Å². The Morgan fingerprint density at radius 3 is 2.71 bits per heavy atom. The predicted molar refractivity (Wildman–Crippen MR) is 83.5 cm³/mol. The van der Waals surface area contributed by atoms with Crippen LogP contribution in [0.3, 0.4) is 0 Å². The van der Waals surface area contributed by atoms with Gasteiger partial charge in [0.15, 0.2) is 5.69 Å². The smallest absolute Gasteiger partial charge is 0.276 e. The van der Waals surface area contributed by atoms with Crippen LogP contribution in [0, 0.1) is 0 Å². The van der Waals surface area contributed by atoms with Crippen molar-refractivity contribution in [1.29, 1.82) is 0 Å². The Labute approximate surface area is 125 Å². The summed E-state index contributed by atoms with van der Waals surface area (Å²) in [5, 5.41) is 16.6. The summed E-state index contributed by atoms with van der Waals surface area (Å²) in [5.74, 6) is 1.03. The van der Waals surface area contributed by atoms with Gasteiger partial charge < -0.3 is 0 Å². The van der Waals surface area contributed by atoms with Gasteiger partial charge in [0, 0.05) is 0 Å². The van der Waals surface area contributed by atoms with Gasteiger partial charge >= 0.3 is 5.96 Å². The summed E-state index contributed by atoms with van der Waals surface area (Å²) < 4.78 is 2.35. The van der Waals surface area contributed by atoms with Crippen LogP contribution in [0.2, 0.25) is 0 Å². The van der Waals surface area contributed by atoms with Crippen LogP contribution in [-0.4, -0.2) is 35.4 Å². The van der Waals surface area contributed by atoms with Crippen molar-refractivity contribution < 1.29 is 9.78 Å². The van der Waals surface area contributed by atoms with Gasteiger partial charge in [0.25, 0.3) is 0 Å². The molecule has 1 aromatic carbocycles. The second-order valence-electron chi connectivity index (χ2n) is 5.53. The van der Waals surface area contributed by atoms with E-state index in [0.717, 1.165) is 55.0 Å². The van der Waals surface area contributed by atoms with Crippen LogP contribution in [-0.2, 0) is 0 Å². The Morgan fingerprint density at radius 2 is 2.00 bits per heavy atom. The van der Waals surface area contributed by atoms with Crippen molar-refractivity contribution in [2.45, 2.75) is 32.6 Å². The largest absolute Gasteiger partial charge is 0.372 e. The number of anilines is 2. The number of rotatable bonds is 3. The second-order valence-corrected chi connectivity index (χ2v) is 5.53. The van der Waals surface area contributed by atoms with Gasteiger partial charge in [0.05, 0.1) is 19.6 Å². The lowest BCUT2D eigenvalue weighted by atomic mass is 10.2. The average molecular weight is 290 g/mol. The van der Waals surface area contributed by atoms with Crippen molar-refractivity contribution in [2.75, 3.05) is 29.8 Å². The van der Waals surface area contributed by atoms with Gasteiger partial charge in [-0.3, -0.25) is 15.1 Å². The monoisotopic (exact) mass is 290 g/mol. The average Bonchev–Trinajstić information content (AvgIpc) is 3.13. The molecule has 6 heteroatoms. The molecular weight excluding hydrogens is 266 g/mol. The molecule has 1 fully saturated rings. The molecule has 3 rings (SSSR count). The van der Waals surface area contributed by atoms with Crippen LogP contribution in [0.1, 0.15) is 32.6 Å². The van der Waals surface area contributed by atoms with E-state index in [4.69, 9.17) is 0 Å². The standard InChI is InChI=1S/C15H23N5O/c1-2-3-10-16-15(18-11-6-7-12-18)19-13-8-4-5-9-14(13)20(21)17-19/h4-5,8-9,17,21H,2-3,6-7,10-12H2,1H3/p+1. The lowest BCUT2D eigenvalue weighted by molar-refractivity contribution is -0.509. The fraction of sp³-hybridized carbons (Fsp3) is 0.533. The lowest BCUT2D eigenvalue weighted by Gasteiger charge is -2.18. The maximum atomic E-state index is 10.0. The van der Waals surface area contributed by atoms with Crippen molar-refractivity contribution in [3.63, 3.8) is 0 Å². The molecule has 1 saturated heterocycles. The number of guanidine groups is 1. The van der Waals surface area contributed by atoms with Gasteiger partial charge in [-0.2, -0.15) is 5.17 Å². The first-order valence-electron chi connectivity index (χ1n) is 7.81. The van der Waals surface area contributed by atoms with Gasteiger partial charge in [0.1, 0.15) is 5.69 Å². The Hall–Kier alpha value is -1.79. The molecule has 0 aliphatic carbocycles. The Balaban J connectivity index is 1.89. The second kappa shape index (κ2) is 6.32. The molecule has 21 heavy (non-hydrogen) atoms. The quantitative estimate of drug-likeness (QED) is 0.449. The first-order valence-corrected chi connectivity index (χ1v) is 7.81. The van der Waals surface area contributed by atoms with Crippen LogP contribution in [0.15, 0.2) is 24.3 Å². The first kappa shape index (κ1) is 14.2. The van der Waals surface area contributed by atoms with Crippen LogP contribution < -0.4 is 21.0 Å². The summed E-state index contributed by atoms with van der Waals surface area (Å²) in [6, 6.07) is 7.82. The highest BCUT2D eigenvalue weighted by molar-refractivity contribution is 5.97. The molecule has 6 nitrogen and oxygen atoms in total. The fourth-order valence-electron chi connectivity index (χ4n) is 2.83. The molecule has 1 aromatic rings. The van der Waals surface area contributed by atoms with Crippen LogP contribution in [0.5, 0.6) is 0 Å². The number of hydrogen-bond donors (Lipinski definition) is 3. The third-order valence-electron chi connectivity index (χ3n) is 3.98. The maximum absolute atomic E-state index is 10.0. The van der Waals surface area contributed by atoms with E-state index in [-0.39, 0.29) is 0 Å². The maximum Gasteiger partial charge on any atom is 0.372 e. The number of fused-ring (bicyclic) bond motifs is 1. The summed E-state index contributed by atoms with van der Waals surface area (Å²) in [6.45, 7) is 5.24. The minimum absolute atomic E-state index is 0.770. The van der Waals surface area contributed by atoms with Gasteiger partial charge in [-0.15, -0.1) is 5.01 Å². The normalized spacial score (nSPS) is 17.3. The molecular formula is C15H24N5O+. The highest BCUT2D eigenvalue weighted by Crippen LogP contribution is 2.31. The number of hydrazine groups is 2. The molecule has 0 unspecified atom stereocenters. The highest BCUT2D eigenvalue weighted by Gasteiger charge is 2.35. The predicted octanol–water partition coefficient (Wildman–Crippen LogP) is 1.67. The molecule has 0 saturated carbocycles. The lowest BCUT2D eigenvalue weighted by Crippen LogP contribution is -2.55. The molecule has 2 heterocycles. The van der Waals surface area contributed by atoms with Crippen molar-refractivity contribution in [3.05, 3.63) is 24.3 Å². The Kier molecular flexibility index (Phi) is 4.26. The highest BCUT2D eigenvalue weighted by atomic mass is 16.6. The van der Waals surface area contributed by atoms with Gasteiger partial charge in [-0.05, 0) is 31.4 Å². The molecule has 0 atom stereocenters. The van der Waals surface area contributed by atoms with Crippen LogP contribution in [0.25, 0.3) is 0 Å². The minimum atomic E-state index is 0.770.